The maximum absolute atomic E-state index is 13.8. The summed E-state index contributed by atoms with van der Waals surface area (Å²) in [6.07, 6.45) is 3.90. The number of hydrogen-bond donors (Lipinski definition) is 1. The third-order valence-electron chi connectivity index (χ3n) is 3.71. The average molecular weight is 270 g/mol. The number of nitro groups is 1. The topological polar surface area (TPSA) is 55.2 Å². The predicted molar refractivity (Wildman–Crippen MR) is 68.1 cm³/mol. The van der Waals surface area contributed by atoms with Gasteiger partial charge in [0.25, 0.3) is 5.69 Å². The summed E-state index contributed by atoms with van der Waals surface area (Å²) >= 11 is 0. The van der Waals surface area contributed by atoms with Crippen LogP contribution < -0.4 is 5.32 Å². The number of anilines is 1. The van der Waals surface area contributed by atoms with Crippen LogP contribution in [-0.2, 0) is 0 Å². The highest BCUT2D eigenvalue weighted by Crippen LogP contribution is 2.33. The van der Waals surface area contributed by atoms with Crippen molar-refractivity contribution in [3.63, 3.8) is 0 Å². The van der Waals surface area contributed by atoms with Crippen molar-refractivity contribution in [1.29, 1.82) is 0 Å². The minimum atomic E-state index is -1.17. The van der Waals surface area contributed by atoms with Crippen molar-refractivity contribution in [2.24, 2.45) is 5.92 Å². The van der Waals surface area contributed by atoms with Crippen LogP contribution >= 0.6 is 0 Å². The Morgan fingerprint density at radius 2 is 2.00 bits per heavy atom. The number of nitrogens with zero attached hydrogens (tertiary/aromatic N) is 1. The van der Waals surface area contributed by atoms with Crippen molar-refractivity contribution in [2.75, 3.05) is 5.32 Å². The third-order valence-corrected chi connectivity index (χ3v) is 3.71. The van der Waals surface area contributed by atoms with Crippen molar-refractivity contribution in [3.8, 4) is 0 Å². The van der Waals surface area contributed by atoms with Crippen LogP contribution in [0.3, 0.4) is 0 Å². The molecule has 2 unspecified atom stereocenters. The van der Waals surface area contributed by atoms with Gasteiger partial charge in [0.05, 0.1) is 4.92 Å². The smallest absolute Gasteiger partial charge is 0.295 e. The molecule has 0 spiro atoms. The molecule has 1 aromatic rings. The number of halogens is 2. The van der Waals surface area contributed by atoms with Crippen molar-refractivity contribution in [2.45, 2.75) is 38.6 Å². The largest absolute Gasteiger partial charge is 0.374 e. The standard InChI is InChI=1S/C13H16F2N2O2/c1-8-4-2-3-5-10(8)16-13-11(17(18)19)7-6-9(14)12(13)15/h6-8,10,16H,2-5H2,1H3. The number of nitro benzene ring substituents is 1. The van der Waals surface area contributed by atoms with E-state index in [0.717, 1.165) is 37.8 Å². The Hall–Kier alpha value is -1.72. The first-order valence-electron chi connectivity index (χ1n) is 6.39. The van der Waals surface area contributed by atoms with E-state index in [4.69, 9.17) is 0 Å². The van der Waals surface area contributed by atoms with Gasteiger partial charge in [-0.2, -0.15) is 0 Å². The second-order valence-corrected chi connectivity index (χ2v) is 5.03. The van der Waals surface area contributed by atoms with E-state index >= 15 is 0 Å². The van der Waals surface area contributed by atoms with Crippen molar-refractivity contribution in [1.82, 2.24) is 0 Å². The van der Waals surface area contributed by atoms with Crippen molar-refractivity contribution >= 4 is 11.4 Å². The third kappa shape index (κ3) is 2.83. The lowest BCUT2D eigenvalue weighted by Crippen LogP contribution is -2.31. The van der Waals surface area contributed by atoms with Crippen molar-refractivity contribution < 1.29 is 13.7 Å². The van der Waals surface area contributed by atoms with Gasteiger partial charge in [-0.3, -0.25) is 10.1 Å². The molecular formula is C13H16F2N2O2. The summed E-state index contributed by atoms with van der Waals surface area (Å²) in [6.45, 7) is 2.01. The monoisotopic (exact) mass is 270 g/mol. The average Bonchev–Trinajstić information content (AvgIpc) is 2.37. The highest BCUT2D eigenvalue weighted by molar-refractivity contribution is 5.63. The first kappa shape index (κ1) is 13.7. The molecular weight excluding hydrogens is 254 g/mol. The molecule has 2 rings (SSSR count). The summed E-state index contributed by atoms with van der Waals surface area (Å²) in [7, 11) is 0. The van der Waals surface area contributed by atoms with Gasteiger partial charge >= 0.3 is 0 Å². The van der Waals surface area contributed by atoms with E-state index in [1.807, 2.05) is 6.92 Å². The van der Waals surface area contributed by atoms with Crippen LogP contribution in [0.4, 0.5) is 20.2 Å². The Bertz CT molecular complexity index is 494. The zero-order valence-corrected chi connectivity index (χ0v) is 10.7. The lowest BCUT2D eigenvalue weighted by molar-refractivity contribution is -0.384. The molecule has 1 aliphatic rings. The molecule has 0 amide bonds. The molecule has 1 aromatic carbocycles. The van der Waals surface area contributed by atoms with Gasteiger partial charge in [0.1, 0.15) is 0 Å². The SMILES string of the molecule is CC1CCCCC1Nc1c([N+](=O)[O-])ccc(F)c1F. The van der Waals surface area contributed by atoms with Gasteiger partial charge in [0.2, 0.25) is 0 Å². The maximum atomic E-state index is 13.8. The molecule has 0 radical (unpaired) electrons. The summed E-state index contributed by atoms with van der Waals surface area (Å²) in [5.74, 6) is -1.96. The van der Waals surface area contributed by atoms with Crippen LogP contribution in [0.25, 0.3) is 0 Å². The molecule has 6 heteroatoms. The van der Waals surface area contributed by atoms with E-state index in [1.165, 1.54) is 0 Å². The Labute approximate surface area is 110 Å². The van der Waals surface area contributed by atoms with Crippen LogP contribution in [0.5, 0.6) is 0 Å². The molecule has 19 heavy (non-hydrogen) atoms. The molecule has 1 aliphatic carbocycles. The Morgan fingerprint density at radius 3 is 2.63 bits per heavy atom. The molecule has 0 bridgehead atoms. The molecule has 1 N–H and O–H groups in total. The quantitative estimate of drug-likeness (QED) is 0.670. The lowest BCUT2D eigenvalue weighted by atomic mass is 9.86. The second-order valence-electron chi connectivity index (χ2n) is 5.03. The minimum Gasteiger partial charge on any atom is -0.374 e. The zero-order valence-electron chi connectivity index (χ0n) is 10.7. The summed E-state index contributed by atoms with van der Waals surface area (Å²) < 4.78 is 27.0. The Kier molecular flexibility index (Phi) is 3.97. The van der Waals surface area contributed by atoms with Crippen LogP contribution in [-0.4, -0.2) is 11.0 Å². The van der Waals surface area contributed by atoms with E-state index in [-0.39, 0.29) is 17.6 Å². The molecule has 0 heterocycles. The molecule has 2 atom stereocenters. The molecule has 1 fully saturated rings. The van der Waals surface area contributed by atoms with Crippen LogP contribution in [0.2, 0.25) is 0 Å². The summed E-state index contributed by atoms with van der Waals surface area (Å²) in [5, 5.41) is 13.7. The number of benzene rings is 1. The molecule has 0 aliphatic heterocycles. The molecule has 0 saturated heterocycles. The number of rotatable bonds is 3. The molecule has 0 aromatic heterocycles. The van der Waals surface area contributed by atoms with Gasteiger partial charge in [0, 0.05) is 12.1 Å². The molecule has 4 nitrogen and oxygen atoms in total. The van der Waals surface area contributed by atoms with Gasteiger partial charge in [-0.05, 0) is 24.8 Å². The normalized spacial score (nSPS) is 23.1. The van der Waals surface area contributed by atoms with Gasteiger partial charge in [-0.15, -0.1) is 0 Å². The number of nitrogens with one attached hydrogen (secondary N) is 1. The first-order chi connectivity index (χ1) is 9.00. The van der Waals surface area contributed by atoms with E-state index in [0.29, 0.717) is 0 Å². The van der Waals surface area contributed by atoms with Crippen LogP contribution in [0.1, 0.15) is 32.6 Å². The Morgan fingerprint density at radius 1 is 1.32 bits per heavy atom. The maximum Gasteiger partial charge on any atom is 0.295 e. The summed E-state index contributed by atoms with van der Waals surface area (Å²) in [4.78, 5) is 10.2. The van der Waals surface area contributed by atoms with E-state index in [2.05, 4.69) is 5.32 Å². The van der Waals surface area contributed by atoms with Crippen LogP contribution in [0, 0.1) is 27.7 Å². The van der Waals surface area contributed by atoms with Crippen LogP contribution in [0.15, 0.2) is 12.1 Å². The van der Waals surface area contributed by atoms with Gasteiger partial charge < -0.3 is 5.32 Å². The lowest BCUT2D eigenvalue weighted by Gasteiger charge is -2.30. The number of hydrogen-bond acceptors (Lipinski definition) is 3. The van der Waals surface area contributed by atoms with E-state index < -0.39 is 22.2 Å². The van der Waals surface area contributed by atoms with E-state index in [9.17, 15) is 18.9 Å². The van der Waals surface area contributed by atoms with Gasteiger partial charge in [-0.25, -0.2) is 8.78 Å². The zero-order chi connectivity index (χ0) is 14.0. The van der Waals surface area contributed by atoms with E-state index in [1.54, 1.807) is 0 Å². The fraction of sp³-hybridized carbons (Fsp3) is 0.538. The highest BCUT2D eigenvalue weighted by atomic mass is 19.2. The second kappa shape index (κ2) is 5.50. The minimum absolute atomic E-state index is 0.0521. The summed E-state index contributed by atoms with van der Waals surface area (Å²) in [6, 6.07) is 1.72. The van der Waals surface area contributed by atoms with Gasteiger partial charge in [0.15, 0.2) is 17.3 Å². The van der Waals surface area contributed by atoms with Crippen molar-refractivity contribution in [3.05, 3.63) is 33.9 Å². The summed E-state index contributed by atoms with van der Waals surface area (Å²) in [5.41, 5.74) is -0.750. The predicted octanol–water partition coefficient (Wildman–Crippen LogP) is 3.86. The fourth-order valence-electron chi connectivity index (χ4n) is 2.55. The molecule has 104 valence electrons. The molecule has 1 saturated carbocycles. The van der Waals surface area contributed by atoms with Gasteiger partial charge in [-0.1, -0.05) is 19.8 Å². The fourth-order valence-corrected chi connectivity index (χ4v) is 2.55. The Balaban J connectivity index is 2.32. The first-order valence-corrected chi connectivity index (χ1v) is 6.39. The highest BCUT2D eigenvalue weighted by Gasteiger charge is 2.27.